The van der Waals surface area contributed by atoms with Gasteiger partial charge in [0.25, 0.3) is 5.91 Å². The molecule has 0 unspecified atom stereocenters. The summed E-state index contributed by atoms with van der Waals surface area (Å²) in [4.78, 5) is 35.2. The molecule has 0 aromatic rings. The molecular weight excluding hydrogens is 370 g/mol. The van der Waals surface area contributed by atoms with Crippen molar-refractivity contribution < 1.29 is 38.3 Å². The van der Waals surface area contributed by atoms with E-state index in [2.05, 4.69) is 15.6 Å². The molecule has 3 heterocycles. The van der Waals surface area contributed by atoms with E-state index in [0.29, 0.717) is 11.7 Å². The Hall–Kier alpha value is -1.60. The average Bonchev–Trinajstić information content (AvgIpc) is 2.87. The molecule has 154 valence electrons. The number of fused-ring (bicyclic) bond motifs is 2. The number of rotatable bonds is 7. The predicted molar refractivity (Wildman–Crippen MR) is 84.7 cm³/mol. The summed E-state index contributed by atoms with van der Waals surface area (Å²) < 4.78 is 26.8. The van der Waals surface area contributed by atoms with Crippen molar-refractivity contribution in [3.63, 3.8) is 0 Å². The van der Waals surface area contributed by atoms with Gasteiger partial charge in [0.2, 0.25) is 6.29 Å². The number of hydrogen-bond donors (Lipinski definition) is 4. The largest absolute Gasteiger partial charge is 0.426 e. The number of hydrogen-bond acceptors (Lipinski definition) is 7. The molecule has 3 aliphatic heterocycles. The third-order valence-corrected chi connectivity index (χ3v) is 5.02. The molecule has 3 atom stereocenters. The van der Waals surface area contributed by atoms with Gasteiger partial charge in [-0.2, -0.15) is 18.7 Å². The number of aliphatic hydroxyl groups is 2. The van der Waals surface area contributed by atoms with Gasteiger partial charge in [-0.1, -0.05) is 6.42 Å². The fourth-order valence-electron chi connectivity index (χ4n) is 3.55. The van der Waals surface area contributed by atoms with Crippen molar-refractivity contribution in [3.05, 3.63) is 0 Å². The molecule has 0 aromatic heterocycles. The second kappa shape index (κ2) is 8.19. The number of halogens is 2. The SMILES string of the molecule is O=C(NOC[C@H]1CCCCN1)[C@@H]1CC[C@@H]2CN1C(=O)N2OC(F)(F)C(O)O. The van der Waals surface area contributed by atoms with Gasteiger partial charge in [-0.25, -0.2) is 10.3 Å². The first-order chi connectivity index (χ1) is 12.8. The Morgan fingerprint density at radius 1 is 1.33 bits per heavy atom. The number of piperidine rings is 2. The van der Waals surface area contributed by atoms with Gasteiger partial charge in [-0.05, 0) is 32.2 Å². The van der Waals surface area contributed by atoms with E-state index in [-0.39, 0.29) is 25.4 Å². The Labute approximate surface area is 154 Å². The van der Waals surface area contributed by atoms with Crippen LogP contribution in [0, 0.1) is 0 Å². The Balaban J connectivity index is 1.52. The number of urea groups is 1. The molecule has 0 saturated carbocycles. The van der Waals surface area contributed by atoms with Gasteiger partial charge in [0.15, 0.2) is 0 Å². The highest BCUT2D eigenvalue weighted by atomic mass is 19.3. The molecular formula is C15H24F2N4O6. The summed E-state index contributed by atoms with van der Waals surface area (Å²) in [6, 6.07) is -2.33. The smallest absolute Gasteiger partial charge is 0.361 e. The molecule has 3 amide bonds. The number of carbonyl (C=O) groups is 2. The molecule has 12 heteroatoms. The highest BCUT2D eigenvalue weighted by Crippen LogP contribution is 2.33. The molecule has 3 rings (SSSR count). The van der Waals surface area contributed by atoms with E-state index in [4.69, 9.17) is 15.1 Å². The Morgan fingerprint density at radius 3 is 2.78 bits per heavy atom. The number of alkyl halides is 2. The minimum atomic E-state index is -4.33. The number of carbonyl (C=O) groups excluding carboxylic acids is 2. The molecule has 2 bridgehead atoms. The van der Waals surface area contributed by atoms with Gasteiger partial charge in [-0.15, -0.1) is 0 Å². The first-order valence-electron chi connectivity index (χ1n) is 8.97. The standard InChI is InChI=1S/C15H24F2N4O6/c16-15(17,13(23)24)27-21-10-4-5-11(20(7-10)14(21)25)12(22)19-26-8-9-3-1-2-6-18-9/h9-11,13,18,23-24H,1-8H2,(H,19,22)/t9-,10-,11+/m1/s1. The summed E-state index contributed by atoms with van der Waals surface area (Å²) in [6.07, 6.45) is -3.76. The van der Waals surface area contributed by atoms with Gasteiger partial charge in [0, 0.05) is 12.6 Å². The van der Waals surface area contributed by atoms with Crippen molar-refractivity contribution in [2.75, 3.05) is 19.7 Å². The third kappa shape index (κ3) is 4.46. The van der Waals surface area contributed by atoms with Crippen molar-refractivity contribution in [2.24, 2.45) is 0 Å². The van der Waals surface area contributed by atoms with Gasteiger partial charge < -0.3 is 20.4 Å². The molecule has 0 aromatic carbocycles. The van der Waals surface area contributed by atoms with Crippen LogP contribution in [-0.4, -0.2) is 82.3 Å². The van der Waals surface area contributed by atoms with Crippen LogP contribution in [0.2, 0.25) is 0 Å². The maximum Gasteiger partial charge on any atom is 0.426 e. The zero-order valence-corrected chi connectivity index (χ0v) is 14.6. The monoisotopic (exact) mass is 394 g/mol. The van der Waals surface area contributed by atoms with Gasteiger partial charge in [-0.3, -0.25) is 9.63 Å². The highest BCUT2D eigenvalue weighted by Gasteiger charge is 2.53. The van der Waals surface area contributed by atoms with E-state index < -0.39 is 36.4 Å². The lowest BCUT2D eigenvalue weighted by Gasteiger charge is -2.29. The lowest BCUT2D eigenvalue weighted by atomic mass is 10.0. The fourth-order valence-corrected chi connectivity index (χ4v) is 3.55. The van der Waals surface area contributed by atoms with Crippen LogP contribution in [0.3, 0.4) is 0 Å². The second-order valence-corrected chi connectivity index (χ2v) is 6.96. The molecule has 3 saturated heterocycles. The highest BCUT2D eigenvalue weighted by molar-refractivity contribution is 5.88. The van der Waals surface area contributed by atoms with Crippen LogP contribution >= 0.6 is 0 Å². The first-order valence-corrected chi connectivity index (χ1v) is 8.97. The van der Waals surface area contributed by atoms with Gasteiger partial charge >= 0.3 is 12.1 Å². The van der Waals surface area contributed by atoms with Crippen LogP contribution in [0.1, 0.15) is 32.1 Å². The molecule has 27 heavy (non-hydrogen) atoms. The van der Waals surface area contributed by atoms with Crippen molar-refractivity contribution in [3.8, 4) is 0 Å². The van der Waals surface area contributed by atoms with E-state index in [1.807, 2.05) is 0 Å². The second-order valence-electron chi connectivity index (χ2n) is 6.96. The van der Waals surface area contributed by atoms with Crippen molar-refractivity contribution in [2.45, 2.75) is 62.6 Å². The third-order valence-electron chi connectivity index (χ3n) is 5.02. The topological polar surface area (TPSA) is 124 Å². The van der Waals surface area contributed by atoms with Crippen molar-refractivity contribution in [1.29, 1.82) is 0 Å². The first kappa shape index (κ1) is 20.1. The lowest BCUT2D eigenvalue weighted by Crippen LogP contribution is -2.50. The number of hydroxylamine groups is 3. The van der Waals surface area contributed by atoms with E-state index in [1.54, 1.807) is 0 Å². The molecule has 0 spiro atoms. The predicted octanol–water partition coefficient (Wildman–Crippen LogP) is -0.720. The molecule has 10 nitrogen and oxygen atoms in total. The Morgan fingerprint density at radius 2 is 2.11 bits per heavy atom. The number of aliphatic hydroxyl groups excluding tert-OH is 1. The zero-order valence-electron chi connectivity index (χ0n) is 14.6. The molecule has 4 N–H and O–H groups in total. The maximum atomic E-state index is 13.4. The summed E-state index contributed by atoms with van der Waals surface area (Å²) in [5, 5.41) is 21.0. The van der Waals surface area contributed by atoms with E-state index in [0.717, 1.165) is 30.7 Å². The number of nitrogens with one attached hydrogen (secondary N) is 2. The minimum Gasteiger partial charge on any atom is -0.361 e. The number of amides is 3. The van der Waals surface area contributed by atoms with Crippen LogP contribution in [0.25, 0.3) is 0 Å². The summed E-state index contributed by atoms with van der Waals surface area (Å²) in [6.45, 7) is 1.22. The normalized spacial score (nSPS) is 28.8. The van der Waals surface area contributed by atoms with Crippen LogP contribution in [0.5, 0.6) is 0 Å². The fraction of sp³-hybridized carbons (Fsp3) is 0.867. The van der Waals surface area contributed by atoms with Crippen molar-refractivity contribution >= 4 is 11.9 Å². The maximum absolute atomic E-state index is 13.4. The molecule has 3 aliphatic rings. The van der Waals surface area contributed by atoms with Crippen molar-refractivity contribution in [1.82, 2.24) is 20.8 Å². The zero-order chi connectivity index (χ0) is 19.6. The number of nitrogens with zero attached hydrogens (tertiary/aromatic N) is 2. The quantitative estimate of drug-likeness (QED) is 0.332. The summed E-state index contributed by atoms with van der Waals surface area (Å²) in [7, 11) is 0. The van der Waals surface area contributed by atoms with Crippen LogP contribution in [-0.2, 0) is 14.5 Å². The average molecular weight is 394 g/mol. The summed E-state index contributed by atoms with van der Waals surface area (Å²) in [5.74, 6) is -0.534. The van der Waals surface area contributed by atoms with E-state index >= 15 is 0 Å². The summed E-state index contributed by atoms with van der Waals surface area (Å²) in [5.41, 5.74) is 2.32. The molecule has 3 fully saturated rings. The van der Waals surface area contributed by atoms with Crippen LogP contribution in [0.4, 0.5) is 13.6 Å². The van der Waals surface area contributed by atoms with E-state index in [1.165, 1.54) is 0 Å². The minimum absolute atomic E-state index is 0.0265. The summed E-state index contributed by atoms with van der Waals surface area (Å²) >= 11 is 0. The van der Waals surface area contributed by atoms with Gasteiger partial charge in [0.1, 0.15) is 6.04 Å². The Kier molecular flexibility index (Phi) is 6.11. The van der Waals surface area contributed by atoms with E-state index in [9.17, 15) is 18.4 Å². The van der Waals surface area contributed by atoms with Crippen LogP contribution < -0.4 is 10.8 Å². The molecule has 0 aliphatic carbocycles. The van der Waals surface area contributed by atoms with Gasteiger partial charge in [0.05, 0.1) is 12.6 Å². The lowest BCUT2D eigenvalue weighted by molar-refractivity contribution is -0.403. The Bertz CT molecular complexity index is 560. The molecule has 0 radical (unpaired) electrons. The van der Waals surface area contributed by atoms with Crippen LogP contribution in [0.15, 0.2) is 0 Å².